The Morgan fingerprint density at radius 1 is 1.07 bits per heavy atom. The number of allylic oxidation sites excluding steroid dienone is 1. The minimum Gasteiger partial charge on any atom is -0.507 e. The van der Waals surface area contributed by atoms with Crippen molar-refractivity contribution in [2.75, 3.05) is 23.7 Å². The smallest absolute Gasteiger partial charge is 0.124 e. The third-order valence-electron chi connectivity index (χ3n) is 5.65. The lowest BCUT2D eigenvalue weighted by Gasteiger charge is -2.29. The lowest BCUT2D eigenvalue weighted by molar-refractivity contribution is 0.462. The summed E-state index contributed by atoms with van der Waals surface area (Å²) in [6.07, 6.45) is 6.03. The maximum atomic E-state index is 10.4. The fourth-order valence-corrected chi connectivity index (χ4v) is 3.54. The van der Waals surface area contributed by atoms with Crippen LogP contribution in [0.1, 0.15) is 57.2 Å². The van der Waals surface area contributed by atoms with Crippen LogP contribution in [-0.4, -0.2) is 18.2 Å². The summed E-state index contributed by atoms with van der Waals surface area (Å²) in [4.78, 5) is 2.22. The van der Waals surface area contributed by atoms with E-state index in [1.54, 1.807) is 0 Å². The maximum Gasteiger partial charge on any atom is 0.124 e. The molecule has 1 atom stereocenters. The number of nitrogen functional groups attached to an aromatic ring is 1. The van der Waals surface area contributed by atoms with E-state index >= 15 is 0 Å². The normalized spacial score (nSPS) is 13.7. The SMILES string of the molecule is CCN(CC)c1ccc(/C=C/CC(C)(CC)c2cc(C)ccc2N)c(O)c1. The van der Waals surface area contributed by atoms with Crippen LogP contribution >= 0.6 is 0 Å². The van der Waals surface area contributed by atoms with Gasteiger partial charge in [0.1, 0.15) is 5.75 Å². The summed E-state index contributed by atoms with van der Waals surface area (Å²) >= 11 is 0. The van der Waals surface area contributed by atoms with Crippen LogP contribution in [0.4, 0.5) is 11.4 Å². The first-order chi connectivity index (χ1) is 12.8. The van der Waals surface area contributed by atoms with Gasteiger partial charge in [0.25, 0.3) is 0 Å². The molecular formula is C24H34N2O. The molecule has 0 amide bonds. The molecule has 27 heavy (non-hydrogen) atoms. The van der Waals surface area contributed by atoms with Crippen LogP contribution in [0.25, 0.3) is 6.08 Å². The van der Waals surface area contributed by atoms with E-state index in [0.717, 1.165) is 42.9 Å². The van der Waals surface area contributed by atoms with Crippen LogP contribution in [-0.2, 0) is 5.41 Å². The summed E-state index contributed by atoms with van der Waals surface area (Å²) in [6.45, 7) is 12.7. The fraction of sp³-hybridized carbons (Fsp3) is 0.417. The average molecular weight is 367 g/mol. The minimum absolute atomic E-state index is 0.0244. The second-order valence-corrected chi connectivity index (χ2v) is 7.53. The van der Waals surface area contributed by atoms with Crippen molar-refractivity contribution in [2.45, 2.75) is 52.9 Å². The standard InChI is InChI=1S/C24H34N2O/c1-6-24(5,21-16-18(4)11-14-22(21)25)15-9-10-19-12-13-20(17-23(19)27)26(7-2)8-3/h9-14,16-17,27H,6-8,15,25H2,1-5H3/b10-9+. The van der Waals surface area contributed by atoms with Gasteiger partial charge in [-0.2, -0.15) is 0 Å². The van der Waals surface area contributed by atoms with E-state index in [9.17, 15) is 5.11 Å². The summed E-state index contributed by atoms with van der Waals surface area (Å²) in [5.74, 6) is 0.323. The van der Waals surface area contributed by atoms with Crippen molar-refractivity contribution in [1.29, 1.82) is 0 Å². The third-order valence-corrected chi connectivity index (χ3v) is 5.65. The molecule has 3 heteroatoms. The van der Waals surface area contributed by atoms with Crippen molar-refractivity contribution in [2.24, 2.45) is 0 Å². The van der Waals surface area contributed by atoms with E-state index in [2.05, 4.69) is 63.8 Å². The van der Waals surface area contributed by atoms with Crippen molar-refractivity contribution < 1.29 is 5.11 Å². The monoisotopic (exact) mass is 366 g/mol. The molecule has 0 saturated carbocycles. The molecule has 146 valence electrons. The van der Waals surface area contributed by atoms with Crippen molar-refractivity contribution >= 4 is 17.5 Å². The first-order valence-corrected chi connectivity index (χ1v) is 9.95. The van der Waals surface area contributed by atoms with Crippen molar-refractivity contribution in [3.8, 4) is 5.75 Å². The highest BCUT2D eigenvalue weighted by Gasteiger charge is 2.25. The van der Waals surface area contributed by atoms with Gasteiger partial charge in [0.05, 0.1) is 0 Å². The van der Waals surface area contributed by atoms with Crippen LogP contribution in [0.5, 0.6) is 5.75 Å². The molecule has 0 saturated heterocycles. The number of benzene rings is 2. The van der Waals surface area contributed by atoms with Gasteiger partial charge in [-0.25, -0.2) is 0 Å². The van der Waals surface area contributed by atoms with Gasteiger partial charge in [0, 0.05) is 36.1 Å². The Hall–Kier alpha value is -2.42. The number of anilines is 2. The number of hydrogen-bond donors (Lipinski definition) is 2. The summed E-state index contributed by atoms with van der Waals surface area (Å²) in [7, 11) is 0. The zero-order valence-electron chi connectivity index (χ0n) is 17.4. The largest absolute Gasteiger partial charge is 0.507 e. The van der Waals surface area contributed by atoms with Gasteiger partial charge < -0.3 is 15.7 Å². The minimum atomic E-state index is -0.0244. The predicted octanol–water partition coefficient (Wildman–Crippen LogP) is 5.90. The van der Waals surface area contributed by atoms with Gasteiger partial charge in [-0.15, -0.1) is 0 Å². The first kappa shape index (κ1) is 20.9. The number of nitrogens with zero attached hydrogens (tertiary/aromatic N) is 1. The number of aryl methyl sites for hydroxylation is 1. The number of hydrogen-bond acceptors (Lipinski definition) is 3. The molecule has 0 aliphatic heterocycles. The molecular weight excluding hydrogens is 332 g/mol. The zero-order valence-corrected chi connectivity index (χ0v) is 17.4. The highest BCUT2D eigenvalue weighted by Crippen LogP contribution is 2.36. The fourth-order valence-electron chi connectivity index (χ4n) is 3.54. The predicted molar refractivity (Wildman–Crippen MR) is 119 cm³/mol. The Bertz CT molecular complexity index is 793. The quantitative estimate of drug-likeness (QED) is 0.572. The molecule has 0 radical (unpaired) electrons. The molecule has 2 aromatic rings. The molecule has 0 heterocycles. The molecule has 0 spiro atoms. The van der Waals surface area contributed by atoms with Gasteiger partial charge in [0.15, 0.2) is 0 Å². The van der Waals surface area contributed by atoms with Gasteiger partial charge >= 0.3 is 0 Å². The maximum absolute atomic E-state index is 10.4. The van der Waals surface area contributed by atoms with Crippen LogP contribution < -0.4 is 10.6 Å². The molecule has 0 aliphatic carbocycles. The Kier molecular flexibility index (Phi) is 6.95. The molecule has 2 rings (SSSR count). The molecule has 0 bridgehead atoms. The van der Waals surface area contributed by atoms with Crippen molar-refractivity contribution in [3.05, 3.63) is 59.2 Å². The number of rotatable bonds is 8. The summed E-state index contributed by atoms with van der Waals surface area (Å²) < 4.78 is 0. The Balaban J connectivity index is 2.21. The van der Waals surface area contributed by atoms with Gasteiger partial charge in [-0.3, -0.25) is 0 Å². The average Bonchev–Trinajstić information content (AvgIpc) is 2.66. The molecule has 0 aromatic heterocycles. The number of phenolic OH excluding ortho intramolecular Hbond substituents is 1. The third kappa shape index (κ3) is 4.85. The Morgan fingerprint density at radius 2 is 1.78 bits per heavy atom. The molecule has 1 unspecified atom stereocenters. The Morgan fingerprint density at radius 3 is 2.37 bits per heavy atom. The lowest BCUT2D eigenvalue weighted by Crippen LogP contribution is -2.22. The molecule has 3 nitrogen and oxygen atoms in total. The summed E-state index contributed by atoms with van der Waals surface area (Å²) in [6, 6.07) is 12.2. The first-order valence-electron chi connectivity index (χ1n) is 9.95. The van der Waals surface area contributed by atoms with Gasteiger partial charge in [-0.1, -0.05) is 43.7 Å². The number of aromatic hydroxyl groups is 1. The Labute approximate surface area is 164 Å². The lowest BCUT2D eigenvalue weighted by atomic mass is 9.76. The molecule has 0 fully saturated rings. The van der Waals surface area contributed by atoms with Crippen molar-refractivity contribution in [3.63, 3.8) is 0 Å². The van der Waals surface area contributed by atoms with Crippen LogP contribution in [0, 0.1) is 6.92 Å². The van der Waals surface area contributed by atoms with Gasteiger partial charge in [0.2, 0.25) is 0 Å². The van der Waals surface area contributed by atoms with Gasteiger partial charge in [-0.05, 0) is 62.8 Å². The second-order valence-electron chi connectivity index (χ2n) is 7.53. The number of nitrogens with two attached hydrogens (primary N) is 1. The van der Waals surface area contributed by atoms with Crippen molar-refractivity contribution in [1.82, 2.24) is 0 Å². The summed E-state index contributed by atoms with van der Waals surface area (Å²) in [5, 5.41) is 10.4. The van der Waals surface area contributed by atoms with E-state index < -0.39 is 0 Å². The van der Waals surface area contributed by atoms with Crippen LogP contribution in [0.3, 0.4) is 0 Å². The van der Waals surface area contributed by atoms with E-state index in [0.29, 0.717) is 5.75 Å². The zero-order chi connectivity index (χ0) is 20.0. The highest BCUT2D eigenvalue weighted by molar-refractivity contribution is 5.63. The van der Waals surface area contributed by atoms with E-state index in [4.69, 9.17) is 5.73 Å². The van der Waals surface area contributed by atoms with E-state index in [1.807, 2.05) is 24.3 Å². The number of phenols is 1. The van der Waals surface area contributed by atoms with E-state index in [1.165, 1.54) is 11.1 Å². The van der Waals surface area contributed by atoms with Crippen LogP contribution in [0.2, 0.25) is 0 Å². The molecule has 0 aliphatic rings. The second kappa shape index (κ2) is 8.98. The topological polar surface area (TPSA) is 49.5 Å². The summed E-state index contributed by atoms with van der Waals surface area (Å²) in [5.41, 5.74) is 11.4. The molecule has 3 N–H and O–H groups in total. The molecule has 2 aromatic carbocycles. The highest BCUT2D eigenvalue weighted by atomic mass is 16.3. The van der Waals surface area contributed by atoms with E-state index in [-0.39, 0.29) is 5.41 Å². The van der Waals surface area contributed by atoms with Crippen LogP contribution in [0.15, 0.2) is 42.5 Å².